The average molecular weight is 337 g/mol. The summed E-state index contributed by atoms with van der Waals surface area (Å²) in [6.45, 7) is 1.94. The number of aryl methyl sites for hydroxylation is 1. The van der Waals surface area contributed by atoms with Crippen LogP contribution in [0.15, 0.2) is 27.6 Å². The topological polar surface area (TPSA) is 82.3 Å². The molecule has 2 aromatic rings. The van der Waals surface area contributed by atoms with E-state index in [4.69, 9.17) is 31.5 Å². The second-order valence-electron chi connectivity index (χ2n) is 3.78. The third-order valence-electron chi connectivity index (χ3n) is 2.36. The fourth-order valence-corrected chi connectivity index (χ4v) is 2.46. The van der Waals surface area contributed by atoms with Gasteiger partial charge in [-0.05, 0) is 18.2 Å². The van der Waals surface area contributed by atoms with Crippen LogP contribution in [-0.2, 0) is 22.1 Å². The number of benzene rings is 1. The van der Waals surface area contributed by atoms with Gasteiger partial charge >= 0.3 is 0 Å². The minimum Gasteiger partial charge on any atom is -0.482 e. The molecule has 0 amide bonds. The van der Waals surface area contributed by atoms with Gasteiger partial charge in [-0.2, -0.15) is 4.98 Å². The van der Waals surface area contributed by atoms with E-state index in [-0.39, 0.29) is 16.5 Å². The second kappa shape index (κ2) is 5.99. The fourth-order valence-electron chi connectivity index (χ4n) is 1.38. The lowest BCUT2D eigenvalue weighted by Gasteiger charge is -2.06. The third kappa shape index (κ3) is 3.62. The molecule has 0 aliphatic rings. The Labute approximate surface area is 125 Å². The van der Waals surface area contributed by atoms with E-state index in [1.807, 2.05) is 6.92 Å². The summed E-state index contributed by atoms with van der Waals surface area (Å²) in [6.07, 6.45) is 0.659. The Morgan fingerprint density at radius 1 is 1.40 bits per heavy atom. The summed E-state index contributed by atoms with van der Waals surface area (Å²) in [7, 11) is 1.40. The predicted octanol–water partition coefficient (Wildman–Crippen LogP) is 2.79. The van der Waals surface area contributed by atoms with E-state index in [2.05, 4.69) is 10.1 Å². The highest BCUT2D eigenvalue weighted by Crippen LogP contribution is 2.29. The average Bonchev–Trinajstić information content (AvgIpc) is 2.84. The lowest BCUT2D eigenvalue weighted by Crippen LogP contribution is -1.98. The molecule has 6 nitrogen and oxygen atoms in total. The van der Waals surface area contributed by atoms with Gasteiger partial charge in [0, 0.05) is 17.1 Å². The zero-order valence-corrected chi connectivity index (χ0v) is 12.7. The van der Waals surface area contributed by atoms with Crippen LogP contribution in [0, 0.1) is 0 Å². The molecule has 0 radical (unpaired) electrons. The van der Waals surface area contributed by atoms with E-state index >= 15 is 0 Å². The van der Waals surface area contributed by atoms with Crippen LogP contribution in [0.5, 0.6) is 5.75 Å². The highest BCUT2D eigenvalue weighted by atomic mass is 35.7. The molecule has 0 aliphatic heterocycles. The Morgan fingerprint density at radius 2 is 2.15 bits per heavy atom. The normalized spacial score (nSPS) is 11.6. The van der Waals surface area contributed by atoms with Gasteiger partial charge in [0.2, 0.25) is 0 Å². The van der Waals surface area contributed by atoms with E-state index in [0.717, 1.165) is 0 Å². The van der Waals surface area contributed by atoms with Crippen molar-refractivity contribution < 1.29 is 17.7 Å². The van der Waals surface area contributed by atoms with Crippen molar-refractivity contribution in [1.29, 1.82) is 0 Å². The first-order chi connectivity index (χ1) is 9.40. The summed E-state index contributed by atoms with van der Waals surface area (Å²) in [5.74, 6) is 1.19. The molecule has 2 rings (SSSR count). The summed E-state index contributed by atoms with van der Waals surface area (Å²) in [5, 5.41) is 3.85. The van der Waals surface area contributed by atoms with Crippen LogP contribution < -0.4 is 4.74 Å². The van der Waals surface area contributed by atoms with Crippen LogP contribution in [0.2, 0.25) is 5.02 Å². The number of hydrogen-bond acceptors (Lipinski definition) is 6. The number of nitrogens with zero attached hydrogens (tertiary/aromatic N) is 2. The number of halogens is 2. The van der Waals surface area contributed by atoms with E-state index in [1.165, 1.54) is 18.2 Å². The lowest BCUT2D eigenvalue weighted by molar-refractivity contribution is 0.242. The summed E-state index contributed by atoms with van der Waals surface area (Å²) in [4.78, 5) is 3.97. The van der Waals surface area contributed by atoms with Crippen LogP contribution >= 0.6 is 22.3 Å². The molecule has 0 bridgehead atoms. The highest BCUT2D eigenvalue weighted by molar-refractivity contribution is 8.13. The first-order valence-electron chi connectivity index (χ1n) is 5.58. The maximum atomic E-state index is 11.1. The van der Waals surface area contributed by atoms with Crippen molar-refractivity contribution in [2.45, 2.75) is 24.8 Å². The molecule has 0 saturated heterocycles. The molecule has 1 heterocycles. The third-order valence-corrected chi connectivity index (χ3v) is 4.01. The SMILES string of the molecule is CCc1noc(COc2ccc(S(=O)(=O)Cl)cc2Cl)n1. The Balaban J connectivity index is 2.10. The highest BCUT2D eigenvalue weighted by Gasteiger charge is 2.13. The van der Waals surface area contributed by atoms with E-state index < -0.39 is 9.05 Å². The molecule has 0 spiro atoms. The molecule has 108 valence electrons. The lowest BCUT2D eigenvalue weighted by atomic mass is 10.3. The van der Waals surface area contributed by atoms with Crippen LogP contribution in [0.25, 0.3) is 0 Å². The van der Waals surface area contributed by atoms with Gasteiger partial charge in [-0.15, -0.1) is 0 Å². The molecule has 0 unspecified atom stereocenters. The molecule has 9 heteroatoms. The van der Waals surface area contributed by atoms with Gasteiger partial charge in [-0.25, -0.2) is 8.42 Å². The van der Waals surface area contributed by atoms with Crippen LogP contribution in [0.4, 0.5) is 0 Å². The van der Waals surface area contributed by atoms with Gasteiger partial charge in [-0.3, -0.25) is 0 Å². The number of hydrogen-bond donors (Lipinski definition) is 0. The first-order valence-corrected chi connectivity index (χ1v) is 8.27. The first kappa shape index (κ1) is 15.1. The van der Waals surface area contributed by atoms with Gasteiger partial charge in [0.15, 0.2) is 12.4 Å². The van der Waals surface area contributed by atoms with Crippen molar-refractivity contribution in [1.82, 2.24) is 10.1 Å². The summed E-state index contributed by atoms with van der Waals surface area (Å²) in [5.41, 5.74) is 0. The van der Waals surface area contributed by atoms with Crippen LogP contribution in [-0.4, -0.2) is 18.6 Å². The number of aromatic nitrogens is 2. The van der Waals surface area contributed by atoms with Crippen molar-refractivity contribution in [3.63, 3.8) is 0 Å². The maximum absolute atomic E-state index is 11.1. The maximum Gasteiger partial charge on any atom is 0.264 e. The zero-order valence-electron chi connectivity index (χ0n) is 10.3. The molecule has 0 atom stereocenters. The van der Waals surface area contributed by atoms with Gasteiger partial charge in [0.1, 0.15) is 5.75 Å². The predicted molar refractivity (Wildman–Crippen MR) is 72.5 cm³/mol. The summed E-state index contributed by atoms with van der Waals surface area (Å²) >= 11 is 5.92. The Bertz CT molecular complexity index is 715. The summed E-state index contributed by atoms with van der Waals surface area (Å²) < 4.78 is 32.6. The van der Waals surface area contributed by atoms with Crippen LogP contribution in [0.3, 0.4) is 0 Å². The molecular weight excluding hydrogens is 327 g/mol. The Kier molecular flexibility index (Phi) is 4.52. The van der Waals surface area contributed by atoms with Crippen molar-refractivity contribution in [2.24, 2.45) is 0 Å². The second-order valence-corrected chi connectivity index (χ2v) is 6.75. The van der Waals surface area contributed by atoms with Crippen molar-refractivity contribution >= 4 is 31.3 Å². The van der Waals surface area contributed by atoms with Gasteiger partial charge in [0.25, 0.3) is 14.9 Å². The molecule has 1 aromatic carbocycles. The quantitative estimate of drug-likeness (QED) is 0.780. The van der Waals surface area contributed by atoms with Gasteiger partial charge in [0.05, 0.1) is 9.92 Å². The molecule has 1 aromatic heterocycles. The fraction of sp³-hybridized carbons (Fsp3) is 0.273. The Hall–Kier alpha value is -1.31. The Morgan fingerprint density at radius 3 is 2.70 bits per heavy atom. The van der Waals surface area contributed by atoms with Crippen molar-refractivity contribution in [3.8, 4) is 5.75 Å². The van der Waals surface area contributed by atoms with Gasteiger partial charge < -0.3 is 9.26 Å². The molecular formula is C11H10Cl2N2O4S. The van der Waals surface area contributed by atoms with Crippen molar-refractivity contribution in [3.05, 3.63) is 34.9 Å². The smallest absolute Gasteiger partial charge is 0.264 e. The van der Waals surface area contributed by atoms with Crippen LogP contribution in [0.1, 0.15) is 18.6 Å². The largest absolute Gasteiger partial charge is 0.482 e. The minimum atomic E-state index is -3.82. The molecule has 0 saturated carbocycles. The van der Waals surface area contributed by atoms with E-state index in [9.17, 15) is 8.42 Å². The number of ether oxygens (including phenoxy) is 1. The van der Waals surface area contributed by atoms with Gasteiger partial charge in [-0.1, -0.05) is 23.7 Å². The molecule has 0 N–H and O–H groups in total. The van der Waals surface area contributed by atoms with E-state index in [0.29, 0.717) is 23.9 Å². The number of rotatable bonds is 5. The molecule has 0 fully saturated rings. The standard InChI is InChI=1S/C11H10Cl2N2O4S/c1-2-10-14-11(19-15-10)6-18-9-4-3-7(5-8(9)12)20(13,16)17/h3-5H,2,6H2,1H3. The molecule has 20 heavy (non-hydrogen) atoms. The van der Waals surface area contributed by atoms with E-state index in [1.54, 1.807) is 0 Å². The molecule has 0 aliphatic carbocycles. The zero-order chi connectivity index (χ0) is 14.8. The minimum absolute atomic E-state index is 0.0414. The van der Waals surface area contributed by atoms with Crippen molar-refractivity contribution in [2.75, 3.05) is 0 Å². The monoisotopic (exact) mass is 336 g/mol. The summed E-state index contributed by atoms with van der Waals surface area (Å²) in [6, 6.07) is 3.92.